The lowest BCUT2D eigenvalue weighted by Gasteiger charge is -2.22. The molecule has 0 bridgehead atoms. The summed E-state index contributed by atoms with van der Waals surface area (Å²) in [6, 6.07) is 7.02. The van der Waals surface area contributed by atoms with E-state index in [0.717, 1.165) is 37.8 Å². The zero-order chi connectivity index (χ0) is 15.4. The summed E-state index contributed by atoms with van der Waals surface area (Å²) in [5.41, 5.74) is 9.84. The highest BCUT2D eigenvalue weighted by Crippen LogP contribution is 2.33. The topological polar surface area (TPSA) is 46.3 Å². The third-order valence-corrected chi connectivity index (χ3v) is 4.25. The van der Waals surface area contributed by atoms with Crippen molar-refractivity contribution in [2.24, 2.45) is 5.73 Å². The molecule has 1 aliphatic rings. The van der Waals surface area contributed by atoms with Gasteiger partial charge in [-0.25, -0.2) is 0 Å². The number of nitrogens with two attached hydrogens (primary N) is 1. The van der Waals surface area contributed by atoms with Gasteiger partial charge in [0, 0.05) is 24.2 Å². The maximum absolute atomic E-state index is 12.3. The molecule has 1 heterocycles. The second-order valence-electron chi connectivity index (χ2n) is 6.28. The fourth-order valence-corrected chi connectivity index (χ4v) is 3.30. The van der Waals surface area contributed by atoms with E-state index >= 15 is 0 Å². The minimum Gasteiger partial charge on any atom is -0.327 e. The van der Waals surface area contributed by atoms with Crippen LogP contribution in [0.5, 0.6) is 0 Å². The average Bonchev–Trinajstić information content (AvgIpc) is 2.74. The molecule has 0 fully saturated rings. The molecule has 2 unspecified atom stereocenters. The number of fused-ring (bicyclic) bond motifs is 1. The zero-order valence-electron chi connectivity index (χ0n) is 13.6. The number of nitrogens with zero attached hydrogens (tertiary/aromatic N) is 1. The molecule has 1 aromatic carbocycles. The van der Waals surface area contributed by atoms with Crippen LogP contribution in [0.4, 0.5) is 5.69 Å². The van der Waals surface area contributed by atoms with Gasteiger partial charge in [0.1, 0.15) is 0 Å². The van der Waals surface area contributed by atoms with E-state index in [4.69, 9.17) is 5.73 Å². The number of rotatable bonds is 6. The minimum absolute atomic E-state index is 0.240. The van der Waals surface area contributed by atoms with E-state index in [2.05, 4.69) is 39.0 Å². The maximum Gasteiger partial charge on any atom is 0.227 e. The molecule has 3 heteroatoms. The molecule has 2 rings (SSSR count). The number of amides is 1. The molecule has 0 saturated heterocycles. The third-order valence-electron chi connectivity index (χ3n) is 4.25. The molecule has 1 amide bonds. The molecule has 21 heavy (non-hydrogen) atoms. The predicted molar refractivity (Wildman–Crippen MR) is 88.6 cm³/mol. The number of anilines is 1. The molecule has 2 atom stereocenters. The second-order valence-corrected chi connectivity index (χ2v) is 6.28. The van der Waals surface area contributed by atoms with Crippen LogP contribution in [0.15, 0.2) is 18.2 Å². The Hall–Kier alpha value is -1.35. The molecule has 0 saturated carbocycles. The fraction of sp³-hybridized carbons (Fsp3) is 0.611. The summed E-state index contributed by atoms with van der Waals surface area (Å²) in [7, 11) is 0. The highest BCUT2D eigenvalue weighted by molar-refractivity contribution is 5.96. The van der Waals surface area contributed by atoms with Crippen molar-refractivity contribution in [3.63, 3.8) is 0 Å². The van der Waals surface area contributed by atoms with Gasteiger partial charge in [0.2, 0.25) is 5.91 Å². The van der Waals surface area contributed by atoms with Crippen LogP contribution in [0.1, 0.15) is 57.6 Å². The summed E-state index contributed by atoms with van der Waals surface area (Å²) in [4.78, 5) is 14.3. The number of benzene rings is 1. The van der Waals surface area contributed by atoms with Gasteiger partial charge in [0.15, 0.2) is 0 Å². The van der Waals surface area contributed by atoms with Gasteiger partial charge in [-0.05, 0) is 49.8 Å². The highest BCUT2D eigenvalue weighted by atomic mass is 16.2. The molecule has 116 valence electrons. The first kappa shape index (κ1) is 16.0. The Labute approximate surface area is 128 Å². The average molecular weight is 288 g/mol. The molecule has 1 aromatic rings. The van der Waals surface area contributed by atoms with E-state index in [1.54, 1.807) is 0 Å². The molecule has 0 aliphatic carbocycles. The number of carbonyl (C=O) groups excluding carboxylic acids is 1. The van der Waals surface area contributed by atoms with Crippen molar-refractivity contribution in [2.45, 2.75) is 71.4 Å². The van der Waals surface area contributed by atoms with Crippen LogP contribution in [0.2, 0.25) is 0 Å². The lowest BCUT2D eigenvalue weighted by molar-refractivity contribution is -0.118. The number of hydrogen-bond acceptors (Lipinski definition) is 2. The summed E-state index contributed by atoms with van der Waals surface area (Å²) in [5, 5.41) is 0. The van der Waals surface area contributed by atoms with E-state index < -0.39 is 0 Å². The quantitative estimate of drug-likeness (QED) is 0.871. The van der Waals surface area contributed by atoms with Gasteiger partial charge in [0.05, 0.1) is 0 Å². The molecule has 0 spiro atoms. The molecule has 2 N–H and O–H groups in total. The van der Waals surface area contributed by atoms with Crippen LogP contribution < -0.4 is 10.6 Å². The molecular formula is C18H28N2O. The van der Waals surface area contributed by atoms with E-state index in [1.807, 2.05) is 4.90 Å². The molecule has 3 nitrogen and oxygen atoms in total. The van der Waals surface area contributed by atoms with Crippen molar-refractivity contribution < 1.29 is 4.79 Å². The van der Waals surface area contributed by atoms with Gasteiger partial charge in [-0.1, -0.05) is 32.4 Å². The summed E-state index contributed by atoms with van der Waals surface area (Å²) in [6.45, 7) is 6.36. The first-order valence-corrected chi connectivity index (χ1v) is 8.26. The van der Waals surface area contributed by atoms with Crippen LogP contribution in [0.25, 0.3) is 0 Å². The van der Waals surface area contributed by atoms with Crippen molar-refractivity contribution in [3.05, 3.63) is 29.3 Å². The van der Waals surface area contributed by atoms with Crippen molar-refractivity contribution in [1.29, 1.82) is 0 Å². The summed E-state index contributed by atoms with van der Waals surface area (Å²) >= 11 is 0. The predicted octanol–water partition coefficient (Wildman–Crippen LogP) is 3.43. The largest absolute Gasteiger partial charge is 0.327 e. The van der Waals surface area contributed by atoms with Crippen LogP contribution in [0.3, 0.4) is 0 Å². The SMILES string of the molecule is CCCC(=O)N1c2ccc(CC(N)CCC)cc2CC1C. The fourth-order valence-electron chi connectivity index (χ4n) is 3.30. The Bertz CT molecular complexity index is 498. The van der Waals surface area contributed by atoms with Gasteiger partial charge >= 0.3 is 0 Å². The number of carbonyl (C=O) groups is 1. The first-order valence-electron chi connectivity index (χ1n) is 8.26. The smallest absolute Gasteiger partial charge is 0.227 e. The lowest BCUT2D eigenvalue weighted by Crippen LogP contribution is -2.35. The zero-order valence-corrected chi connectivity index (χ0v) is 13.6. The molecule has 0 radical (unpaired) electrons. The lowest BCUT2D eigenvalue weighted by atomic mass is 10.00. The minimum atomic E-state index is 0.240. The van der Waals surface area contributed by atoms with E-state index in [9.17, 15) is 4.79 Å². The maximum atomic E-state index is 12.3. The van der Waals surface area contributed by atoms with Gasteiger partial charge in [-0.15, -0.1) is 0 Å². The second kappa shape index (κ2) is 7.08. The molecule has 0 aromatic heterocycles. The van der Waals surface area contributed by atoms with Crippen LogP contribution >= 0.6 is 0 Å². The summed E-state index contributed by atoms with van der Waals surface area (Å²) in [5.74, 6) is 0.249. The van der Waals surface area contributed by atoms with Crippen LogP contribution in [0, 0.1) is 0 Å². The summed E-state index contributed by atoms with van der Waals surface area (Å²) < 4.78 is 0. The third kappa shape index (κ3) is 3.65. The Balaban J connectivity index is 2.15. The number of hydrogen-bond donors (Lipinski definition) is 1. The Morgan fingerprint density at radius 3 is 2.81 bits per heavy atom. The van der Waals surface area contributed by atoms with Crippen LogP contribution in [-0.4, -0.2) is 18.0 Å². The summed E-state index contributed by atoms with van der Waals surface area (Å²) in [6.07, 6.45) is 5.62. The highest BCUT2D eigenvalue weighted by Gasteiger charge is 2.30. The van der Waals surface area contributed by atoms with Gasteiger partial charge in [0.25, 0.3) is 0 Å². The monoisotopic (exact) mass is 288 g/mol. The Morgan fingerprint density at radius 2 is 2.14 bits per heavy atom. The normalized spacial score (nSPS) is 18.7. The van der Waals surface area contributed by atoms with Crippen molar-refractivity contribution in [1.82, 2.24) is 0 Å². The van der Waals surface area contributed by atoms with E-state index in [0.29, 0.717) is 6.42 Å². The van der Waals surface area contributed by atoms with Crippen molar-refractivity contribution in [2.75, 3.05) is 4.90 Å². The van der Waals surface area contributed by atoms with Gasteiger partial charge in [-0.3, -0.25) is 4.79 Å². The van der Waals surface area contributed by atoms with Gasteiger partial charge in [-0.2, -0.15) is 0 Å². The molecular weight excluding hydrogens is 260 g/mol. The van der Waals surface area contributed by atoms with Crippen molar-refractivity contribution in [3.8, 4) is 0 Å². The molecule has 1 aliphatic heterocycles. The van der Waals surface area contributed by atoms with Crippen molar-refractivity contribution >= 4 is 11.6 Å². The Morgan fingerprint density at radius 1 is 1.38 bits per heavy atom. The Kier molecular flexibility index (Phi) is 5.40. The first-order chi connectivity index (χ1) is 10.1. The van der Waals surface area contributed by atoms with Gasteiger partial charge < -0.3 is 10.6 Å². The van der Waals surface area contributed by atoms with E-state index in [1.165, 1.54) is 11.1 Å². The standard InChI is InChI=1S/C18H28N2O/c1-4-6-16(19)12-14-8-9-17-15(11-14)10-13(3)20(17)18(21)7-5-2/h8-9,11,13,16H,4-7,10,12,19H2,1-3H3. The van der Waals surface area contributed by atoms with Crippen LogP contribution in [-0.2, 0) is 17.6 Å². The van der Waals surface area contributed by atoms with E-state index in [-0.39, 0.29) is 18.0 Å².